The lowest BCUT2D eigenvalue weighted by atomic mass is 10.1. The predicted molar refractivity (Wildman–Crippen MR) is 104 cm³/mol. The maximum atomic E-state index is 12.2. The van der Waals surface area contributed by atoms with Crippen LogP contribution in [0, 0.1) is 17.0 Å². The maximum Gasteiger partial charge on any atom is 0.339 e. The Balaban J connectivity index is 1.98. The van der Waals surface area contributed by atoms with Crippen LogP contribution in [-0.2, 0) is 16.1 Å². The Kier molecular flexibility index (Phi) is 7.13. The van der Waals surface area contributed by atoms with Crippen molar-refractivity contribution in [2.24, 2.45) is 0 Å². The fourth-order valence-corrected chi connectivity index (χ4v) is 2.54. The Hall–Kier alpha value is -3.62. The minimum Gasteiger partial charge on any atom is -0.493 e. The van der Waals surface area contributed by atoms with Gasteiger partial charge in [-0.05, 0) is 37.6 Å². The first-order valence-corrected chi connectivity index (χ1v) is 8.71. The lowest BCUT2D eigenvalue weighted by molar-refractivity contribution is -0.385. The van der Waals surface area contributed by atoms with E-state index < -0.39 is 22.9 Å². The van der Waals surface area contributed by atoms with Crippen molar-refractivity contribution in [3.05, 3.63) is 63.2 Å². The number of carbonyl (C=O) groups excluding carboxylic acids is 2. The molecule has 0 unspecified atom stereocenters. The molecule has 1 N–H and O–H groups in total. The van der Waals surface area contributed by atoms with E-state index in [0.29, 0.717) is 17.1 Å². The molecule has 0 spiro atoms. The number of amides is 1. The molecule has 0 heterocycles. The molecule has 0 saturated carbocycles. The SMILES string of the molecule is COc1ccc(CNC(=O)[C@H](C)OC(=O)c2ccc(C)c([N+](=O)[O-])c2)cc1OC. The van der Waals surface area contributed by atoms with E-state index in [9.17, 15) is 19.7 Å². The van der Waals surface area contributed by atoms with Crippen LogP contribution in [-0.4, -0.2) is 37.1 Å². The number of benzene rings is 2. The van der Waals surface area contributed by atoms with Crippen molar-refractivity contribution >= 4 is 17.6 Å². The average molecular weight is 402 g/mol. The lowest BCUT2D eigenvalue weighted by Crippen LogP contribution is -2.35. The van der Waals surface area contributed by atoms with E-state index in [1.807, 2.05) is 0 Å². The third-order valence-electron chi connectivity index (χ3n) is 4.21. The Morgan fingerprint density at radius 3 is 2.41 bits per heavy atom. The second-order valence-electron chi connectivity index (χ2n) is 6.21. The molecule has 0 fully saturated rings. The zero-order valence-electron chi connectivity index (χ0n) is 16.6. The van der Waals surface area contributed by atoms with Crippen molar-refractivity contribution in [1.82, 2.24) is 5.32 Å². The summed E-state index contributed by atoms with van der Waals surface area (Å²) in [6, 6.07) is 9.21. The smallest absolute Gasteiger partial charge is 0.339 e. The molecule has 0 aliphatic heterocycles. The zero-order chi connectivity index (χ0) is 21.6. The van der Waals surface area contributed by atoms with Crippen molar-refractivity contribution in [1.29, 1.82) is 0 Å². The van der Waals surface area contributed by atoms with Gasteiger partial charge in [-0.15, -0.1) is 0 Å². The van der Waals surface area contributed by atoms with Gasteiger partial charge in [0.25, 0.3) is 11.6 Å². The van der Waals surface area contributed by atoms with Crippen molar-refractivity contribution in [3.63, 3.8) is 0 Å². The summed E-state index contributed by atoms with van der Waals surface area (Å²) in [5.74, 6) is -0.228. The van der Waals surface area contributed by atoms with Gasteiger partial charge >= 0.3 is 5.97 Å². The van der Waals surface area contributed by atoms with Crippen LogP contribution >= 0.6 is 0 Å². The standard InChI is InChI=1S/C20H22N2O7/c1-12-5-7-15(10-16(12)22(25)26)20(24)29-13(2)19(23)21-11-14-6-8-17(27-3)18(9-14)28-4/h5-10,13H,11H2,1-4H3,(H,21,23)/t13-/m0/s1. The number of hydrogen-bond donors (Lipinski definition) is 1. The van der Waals surface area contributed by atoms with Crippen LogP contribution in [0.1, 0.15) is 28.4 Å². The van der Waals surface area contributed by atoms with Gasteiger partial charge < -0.3 is 19.5 Å². The minimum absolute atomic E-state index is 0.00170. The largest absolute Gasteiger partial charge is 0.493 e. The van der Waals surface area contributed by atoms with E-state index >= 15 is 0 Å². The van der Waals surface area contributed by atoms with Gasteiger partial charge in [-0.25, -0.2) is 4.79 Å². The summed E-state index contributed by atoms with van der Waals surface area (Å²) in [5, 5.41) is 13.7. The number of aryl methyl sites for hydroxylation is 1. The van der Waals surface area contributed by atoms with Crippen molar-refractivity contribution < 1.29 is 28.7 Å². The molecule has 2 rings (SSSR count). The molecule has 29 heavy (non-hydrogen) atoms. The van der Waals surface area contributed by atoms with Gasteiger partial charge in [0.1, 0.15) is 0 Å². The number of methoxy groups -OCH3 is 2. The van der Waals surface area contributed by atoms with E-state index in [1.165, 1.54) is 33.3 Å². The number of nitro groups is 1. The normalized spacial score (nSPS) is 11.3. The Bertz CT molecular complexity index is 927. The molecule has 1 amide bonds. The van der Waals surface area contributed by atoms with Gasteiger partial charge in [-0.2, -0.15) is 0 Å². The molecular weight excluding hydrogens is 380 g/mol. The van der Waals surface area contributed by atoms with Crippen LogP contribution in [0.5, 0.6) is 11.5 Å². The van der Waals surface area contributed by atoms with Crippen LogP contribution in [0.3, 0.4) is 0 Å². The number of nitrogens with one attached hydrogen (secondary N) is 1. The van der Waals surface area contributed by atoms with Crippen LogP contribution in [0.15, 0.2) is 36.4 Å². The van der Waals surface area contributed by atoms with Crippen molar-refractivity contribution in [3.8, 4) is 11.5 Å². The Morgan fingerprint density at radius 1 is 1.10 bits per heavy atom. The molecule has 0 saturated heterocycles. The number of rotatable bonds is 8. The number of ether oxygens (including phenoxy) is 3. The van der Waals surface area contributed by atoms with E-state index in [4.69, 9.17) is 14.2 Å². The molecule has 0 radical (unpaired) electrons. The maximum absolute atomic E-state index is 12.2. The number of nitrogens with zero attached hydrogens (tertiary/aromatic N) is 1. The van der Waals surface area contributed by atoms with Crippen molar-refractivity contribution in [2.45, 2.75) is 26.5 Å². The monoisotopic (exact) mass is 402 g/mol. The molecule has 1 atom stereocenters. The van der Waals surface area contributed by atoms with E-state index in [0.717, 1.165) is 11.6 Å². The minimum atomic E-state index is -1.08. The van der Waals surface area contributed by atoms with E-state index in [-0.39, 0.29) is 17.8 Å². The molecule has 9 nitrogen and oxygen atoms in total. The molecular formula is C20H22N2O7. The third-order valence-corrected chi connectivity index (χ3v) is 4.21. The van der Waals surface area contributed by atoms with E-state index in [2.05, 4.69) is 5.32 Å². The number of carbonyl (C=O) groups is 2. The highest BCUT2D eigenvalue weighted by Gasteiger charge is 2.21. The zero-order valence-corrected chi connectivity index (χ0v) is 16.6. The Labute approximate surface area is 167 Å². The fraction of sp³-hybridized carbons (Fsp3) is 0.300. The van der Waals surface area contributed by atoms with Crippen LogP contribution < -0.4 is 14.8 Å². The Morgan fingerprint density at radius 2 is 1.79 bits per heavy atom. The van der Waals surface area contributed by atoms with Gasteiger partial charge in [0.2, 0.25) is 0 Å². The highest BCUT2D eigenvalue weighted by Crippen LogP contribution is 2.27. The summed E-state index contributed by atoms with van der Waals surface area (Å²) in [6.07, 6.45) is -1.08. The topological polar surface area (TPSA) is 117 Å². The van der Waals surface area contributed by atoms with Crippen LogP contribution in [0.4, 0.5) is 5.69 Å². The van der Waals surface area contributed by atoms with Gasteiger partial charge in [-0.1, -0.05) is 12.1 Å². The lowest BCUT2D eigenvalue weighted by Gasteiger charge is -2.14. The van der Waals surface area contributed by atoms with Gasteiger partial charge in [0.15, 0.2) is 17.6 Å². The number of esters is 1. The van der Waals surface area contributed by atoms with E-state index in [1.54, 1.807) is 25.1 Å². The summed E-state index contributed by atoms with van der Waals surface area (Å²) in [7, 11) is 3.04. The van der Waals surface area contributed by atoms with Gasteiger partial charge in [-0.3, -0.25) is 14.9 Å². The summed E-state index contributed by atoms with van der Waals surface area (Å²) >= 11 is 0. The molecule has 2 aromatic carbocycles. The second kappa shape index (κ2) is 9.54. The molecule has 0 aliphatic carbocycles. The molecule has 0 bridgehead atoms. The fourth-order valence-electron chi connectivity index (χ4n) is 2.54. The molecule has 0 aromatic heterocycles. The quantitative estimate of drug-likeness (QED) is 0.410. The first-order chi connectivity index (χ1) is 13.8. The number of nitro benzene ring substituents is 1. The predicted octanol–water partition coefficient (Wildman–Crippen LogP) is 2.78. The third kappa shape index (κ3) is 5.44. The van der Waals surface area contributed by atoms with Gasteiger partial charge in [0.05, 0.1) is 24.7 Å². The summed E-state index contributed by atoms with van der Waals surface area (Å²) < 4.78 is 15.5. The highest BCUT2D eigenvalue weighted by molar-refractivity contribution is 5.93. The van der Waals surface area contributed by atoms with Crippen LogP contribution in [0.25, 0.3) is 0 Å². The summed E-state index contributed by atoms with van der Waals surface area (Å²) in [6.45, 7) is 3.18. The van der Waals surface area contributed by atoms with Crippen LogP contribution in [0.2, 0.25) is 0 Å². The average Bonchev–Trinajstić information content (AvgIpc) is 2.71. The van der Waals surface area contributed by atoms with Crippen molar-refractivity contribution in [2.75, 3.05) is 14.2 Å². The first kappa shape index (κ1) is 21.7. The molecule has 154 valence electrons. The first-order valence-electron chi connectivity index (χ1n) is 8.71. The number of hydrogen-bond acceptors (Lipinski definition) is 7. The highest BCUT2D eigenvalue weighted by atomic mass is 16.6. The van der Waals surface area contributed by atoms with Gasteiger partial charge in [0, 0.05) is 18.2 Å². The summed E-state index contributed by atoms with van der Waals surface area (Å²) in [5.41, 5.74) is 1.00. The molecule has 9 heteroatoms. The summed E-state index contributed by atoms with van der Waals surface area (Å²) in [4.78, 5) is 34.9. The second-order valence-corrected chi connectivity index (χ2v) is 6.21. The molecule has 0 aliphatic rings. The molecule has 2 aromatic rings.